The monoisotopic (exact) mass is 386 g/mol. The molecule has 4 rings (SSSR count). The molecular weight excluding hydrogens is 360 g/mol. The molecule has 1 aliphatic carbocycles. The molecule has 2 N–H and O–H groups in total. The highest BCUT2D eigenvalue weighted by atomic mass is 16.5. The lowest BCUT2D eigenvalue weighted by Crippen LogP contribution is -2.06. The summed E-state index contributed by atoms with van der Waals surface area (Å²) in [5.41, 5.74) is 12.4. The van der Waals surface area contributed by atoms with Crippen LogP contribution in [0, 0.1) is 0 Å². The Labute approximate surface area is 171 Å². The van der Waals surface area contributed by atoms with Crippen LogP contribution in [0.25, 0.3) is 16.5 Å². The van der Waals surface area contributed by atoms with Gasteiger partial charge in [0.15, 0.2) is 0 Å². The Morgan fingerprint density at radius 1 is 1.07 bits per heavy atom. The number of carbonyl (C=O) groups excluding carboxylic acids is 1. The molecular formula is C25H26N2O2. The number of aromatic nitrogens is 1. The number of ether oxygens (including phenoxy) is 1. The molecule has 1 aliphatic rings. The van der Waals surface area contributed by atoms with E-state index in [1.807, 2.05) is 31.2 Å². The molecule has 0 spiro atoms. The maximum absolute atomic E-state index is 11.9. The van der Waals surface area contributed by atoms with Crippen LogP contribution in [0.2, 0.25) is 0 Å². The predicted molar refractivity (Wildman–Crippen MR) is 118 cm³/mol. The fourth-order valence-corrected chi connectivity index (χ4v) is 3.88. The smallest absolute Gasteiger partial charge is 0.338 e. The van der Waals surface area contributed by atoms with Crippen molar-refractivity contribution in [3.63, 3.8) is 0 Å². The first-order valence-corrected chi connectivity index (χ1v) is 10.1. The molecule has 1 aromatic heterocycles. The van der Waals surface area contributed by atoms with Crippen LogP contribution in [0.4, 0.5) is 0 Å². The fraction of sp³-hybridized carbons (Fsp3) is 0.240. The maximum Gasteiger partial charge on any atom is 0.338 e. The van der Waals surface area contributed by atoms with Crippen molar-refractivity contribution in [3.05, 3.63) is 89.1 Å². The van der Waals surface area contributed by atoms with Gasteiger partial charge in [0.1, 0.15) is 0 Å². The Kier molecular flexibility index (Phi) is 5.63. The van der Waals surface area contributed by atoms with E-state index in [0.29, 0.717) is 18.7 Å². The van der Waals surface area contributed by atoms with Crippen LogP contribution in [-0.4, -0.2) is 17.1 Å². The minimum Gasteiger partial charge on any atom is -0.462 e. The van der Waals surface area contributed by atoms with Crippen molar-refractivity contribution in [2.75, 3.05) is 6.61 Å². The number of nitrogens with zero attached hydrogens (tertiary/aromatic N) is 1. The average molecular weight is 386 g/mol. The highest BCUT2D eigenvalue weighted by Gasteiger charge is 2.14. The van der Waals surface area contributed by atoms with Crippen LogP contribution in [0.1, 0.15) is 41.3 Å². The second-order valence-electron chi connectivity index (χ2n) is 7.26. The van der Waals surface area contributed by atoms with E-state index in [4.69, 9.17) is 10.5 Å². The summed E-state index contributed by atoms with van der Waals surface area (Å²) in [6, 6.07) is 16.3. The lowest BCUT2D eigenvalue weighted by atomic mass is 9.91. The van der Waals surface area contributed by atoms with E-state index in [9.17, 15) is 4.79 Å². The van der Waals surface area contributed by atoms with E-state index in [1.54, 1.807) is 0 Å². The van der Waals surface area contributed by atoms with Gasteiger partial charge >= 0.3 is 5.97 Å². The molecule has 0 amide bonds. The number of rotatable bonds is 6. The van der Waals surface area contributed by atoms with Crippen LogP contribution >= 0.6 is 0 Å². The molecule has 1 heterocycles. The molecule has 0 bridgehead atoms. The van der Waals surface area contributed by atoms with E-state index >= 15 is 0 Å². The molecule has 0 aliphatic heterocycles. The molecule has 4 nitrogen and oxygen atoms in total. The number of hydrogen-bond donors (Lipinski definition) is 1. The van der Waals surface area contributed by atoms with E-state index in [2.05, 4.69) is 47.2 Å². The Morgan fingerprint density at radius 3 is 2.62 bits per heavy atom. The van der Waals surface area contributed by atoms with E-state index < -0.39 is 0 Å². The van der Waals surface area contributed by atoms with Gasteiger partial charge in [0.25, 0.3) is 0 Å². The lowest BCUT2D eigenvalue weighted by Gasteiger charge is -2.18. The second kappa shape index (κ2) is 8.50. The van der Waals surface area contributed by atoms with Gasteiger partial charge in [-0.25, -0.2) is 4.79 Å². The molecule has 0 unspecified atom stereocenters. The third kappa shape index (κ3) is 4.03. The molecule has 29 heavy (non-hydrogen) atoms. The van der Waals surface area contributed by atoms with Gasteiger partial charge in [0, 0.05) is 24.8 Å². The number of nitrogens with two attached hydrogens (primary N) is 1. The maximum atomic E-state index is 11.9. The number of fused-ring (bicyclic) bond motifs is 1. The molecule has 2 aromatic carbocycles. The van der Waals surface area contributed by atoms with E-state index in [-0.39, 0.29) is 5.97 Å². The van der Waals surface area contributed by atoms with Gasteiger partial charge in [0.05, 0.1) is 12.2 Å². The predicted octanol–water partition coefficient (Wildman–Crippen LogP) is 5.08. The average Bonchev–Trinajstić information content (AvgIpc) is 3.16. The minimum absolute atomic E-state index is 0.275. The number of esters is 1. The summed E-state index contributed by atoms with van der Waals surface area (Å²) in [6.45, 7) is 3.58. The van der Waals surface area contributed by atoms with Crippen LogP contribution in [-0.2, 0) is 17.8 Å². The summed E-state index contributed by atoms with van der Waals surface area (Å²) in [5.74, 6) is -0.275. The summed E-state index contributed by atoms with van der Waals surface area (Å²) in [4.78, 5) is 11.9. The highest BCUT2D eigenvalue weighted by Crippen LogP contribution is 2.31. The Morgan fingerprint density at radius 2 is 1.86 bits per heavy atom. The van der Waals surface area contributed by atoms with Crippen molar-refractivity contribution < 1.29 is 9.53 Å². The highest BCUT2D eigenvalue weighted by molar-refractivity contribution is 5.90. The van der Waals surface area contributed by atoms with Crippen molar-refractivity contribution >= 4 is 22.4 Å². The van der Waals surface area contributed by atoms with E-state index in [0.717, 1.165) is 30.5 Å². The molecule has 0 fully saturated rings. The SMILES string of the molecule is CCOC(=O)c1ccc(C2=CCCC=C2Cn2ccc3cc(CN)ccc32)cc1. The molecule has 4 heteroatoms. The van der Waals surface area contributed by atoms with Crippen LogP contribution in [0.15, 0.2) is 72.5 Å². The summed E-state index contributed by atoms with van der Waals surface area (Å²) in [7, 11) is 0. The number of hydrogen-bond acceptors (Lipinski definition) is 3. The number of carbonyl (C=O) groups is 1. The van der Waals surface area contributed by atoms with Gasteiger partial charge in [0.2, 0.25) is 0 Å². The first-order valence-electron chi connectivity index (χ1n) is 10.1. The van der Waals surface area contributed by atoms with Crippen molar-refractivity contribution in [2.45, 2.75) is 32.9 Å². The molecule has 0 radical (unpaired) electrons. The van der Waals surface area contributed by atoms with Crippen molar-refractivity contribution in [1.82, 2.24) is 4.57 Å². The van der Waals surface area contributed by atoms with Gasteiger partial charge in [-0.15, -0.1) is 0 Å². The lowest BCUT2D eigenvalue weighted by molar-refractivity contribution is 0.0526. The summed E-state index contributed by atoms with van der Waals surface area (Å²) in [5, 5.41) is 1.22. The first kappa shape index (κ1) is 19.2. The van der Waals surface area contributed by atoms with Crippen LogP contribution in [0.5, 0.6) is 0 Å². The molecule has 0 saturated heterocycles. The zero-order valence-corrected chi connectivity index (χ0v) is 16.7. The second-order valence-corrected chi connectivity index (χ2v) is 7.26. The van der Waals surface area contributed by atoms with Gasteiger partial charge in [-0.05, 0) is 77.8 Å². The van der Waals surface area contributed by atoms with E-state index in [1.165, 1.54) is 22.0 Å². The molecule has 0 atom stereocenters. The molecule has 0 saturated carbocycles. The Hall–Kier alpha value is -3.11. The fourth-order valence-electron chi connectivity index (χ4n) is 3.88. The zero-order valence-electron chi connectivity index (χ0n) is 16.7. The summed E-state index contributed by atoms with van der Waals surface area (Å²) < 4.78 is 7.37. The van der Waals surface area contributed by atoms with Gasteiger partial charge < -0.3 is 15.0 Å². The van der Waals surface area contributed by atoms with Crippen molar-refractivity contribution in [2.24, 2.45) is 5.73 Å². The minimum atomic E-state index is -0.275. The number of allylic oxidation sites excluding steroid dienone is 4. The van der Waals surface area contributed by atoms with Crippen molar-refractivity contribution in [3.8, 4) is 0 Å². The van der Waals surface area contributed by atoms with Gasteiger partial charge in [-0.3, -0.25) is 0 Å². The van der Waals surface area contributed by atoms with Gasteiger partial charge in [-0.2, -0.15) is 0 Å². The standard InChI is InChI=1S/C25H26N2O2/c1-2-29-25(28)20-10-8-19(9-11-20)23-6-4-3-5-22(23)17-27-14-13-21-15-18(16-26)7-12-24(21)27/h5-15H,2-4,16-17,26H2,1H3. The van der Waals surface area contributed by atoms with Crippen LogP contribution in [0.3, 0.4) is 0 Å². The summed E-state index contributed by atoms with van der Waals surface area (Å²) >= 11 is 0. The summed E-state index contributed by atoms with van der Waals surface area (Å²) in [6.07, 6.45) is 8.85. The third-order valence-electron chi connectivity index (χ3n) is 5.37. The number of benzene rings is 2. The zero-order chi connectivity index (χ0) is 20.2. The Bertz CT molecular complexity index is 1090. The molecule has 3 aromatic rings. The first-order chi connectivity index (χ1) is 14.2. The normalized spacial score (nSPS) is 13.9. The van der Waals surface area contributed by atoms with Crippen LogP contribution < -0.4 is 5.73 Å². The topological polar surface area (TPSA) is 57.2 Å². The largest absolute Gasteiger partial charge is 0.462 e. The quantitative estimate of drug-likeness (QED) is 0.601. The third-order valence-corrected chi connectivity index (χ3v) is 5.37. The van der Waals surface area contributed by atoms with Gasteiger partial charge in [-0.1, -0.05) is 30.4 Å². The Balaban J connectivity index is 1.58. The molecule has 148 valence electrons. The van der Waals surface area contributed by atoms with Crippen molar-refractivity contribution in [1.29, 1.82) is 0 Å².